The van der Waals surface area contributed by atoms with E-state index in [9.17, 15) is 9.59 Å². The Kier molecular flexibility index (Phi) is 9.52. The Morgan fingerprint density at radius 2 is 2.11 bits per heavy atom. The van der Waals surface area contributed by atoms with Gasteiger partial charge in [-0.2, -0.15) is 0 Å². The first-order valence-corrected chi connectivity index (χ1v) is 6.48. The quantitative estimate of drug-likeness (QED) is 0.414. The third-order valence-corrected chi connectivity index (χ3v) is 2.76. The molecule has 0 radical (unpaired) electrons. The second kappa shape index (κ2) is 10.4. The number of carboxylic acid groups (broad SMARTS) is 1. The van der Waals surface area contributed by atoms with Crippen LogP contribution in [0, 0.1) is 5.92 Å². The predicted molar refractivity (Wildman–Crippen MR) is 73.0 cm³/mol. The summed E-state index contributed by atoms with van der Waals surface area (Å²) in [5.74, 6) is -1.14. The molecule has 0 saturated carbocycles. The van der Waals surface area contributed by atoms with Crippen molar-refractivity contribution in [1.29, 1.82) is 0 Å². The zero-order chi connectivity index (χ0) is 14.7. The number of amides is 2. The van der Waals surface area contributed by atoms with E-state index in [0.29, 0.717) is 26.2 Å². The number of ether oxygens (including phenoxy) is 1. The minimum atomic E-state index is -1.02. The normalized spacial score (nSPS) is 13.4. The number of nitrogens with one attached hydrogen (secondary N) is 2. The zero-order valence-corrected chi connectivity index (χ0v) is 11.6. The van der Waals surface area contributed by atoms with Crippen LogP contribution in [0.4, 0.5) is 4.79 Å². The topological polar surface area (TPSA) is 87.7 Å². The summed E-state index contributed by atoms with van der Waals surface area (Å²) in [6.45, 7) is 8.54. The lowest BCUT2D eigenvalue weighted by Crippen LogP contribution is -2.49. The molecule has 0 aliphatic heterocycles. The van der Waals surface area contributed by atoms with E-state index >= 15 is 0 Å². The summed E-state index contributed by atoms with van der Waals surface area (Å²) in [4.78, 5) is 22.5. The molecule has 0 aromatic heterocycles. The molecule has 6 heteroatoms. The lowest BCUT2D eigenvalue weighted by molar-refractivity contribution is -0.140. The van der Waals surface area contributed by atoms with Crippen molar-refractivity contribution in [2.24, 2.45) is 5.92 Å². The van der Waals surface area contributed by atoms with Crippen molar-refractivity contribution in [3.63, 3.8) is 0 Å². The molecule has 0 aliphatic rings. The molecule has 0 spiro atoms. The number of carboxylic acids is 1. The summed E-state index contributed by atoms with van der Waals surface area (Å²) in [7, 11) is 0. The predicted octanol–water partition coefficient (Wildman–Crippen LogP) is 1.38. The first-order chi connectivity index (χ1) is 9.02. The average molecular weight is 272 g/mol. The van der Waals surface area contributed by atoms with Crippen LogP contribution in [0.2, 0.25) is 0 Å². The van der Waals surface area contributed by atoms with Crippen molar-refractivity contribution in [3.8, 4) is 0 Å². The van der Waals surface area contributed by atoms with Gasteiger partial charge in [0.25, 0.3) is 0 Å². The average Bonchev–Trinajstić information content (AvgIpc) is 2.38. The number of hydrogen-bond donors (Lipinski definition) is 3. The molecule has 2 atom stereocenters. The van der Waals surface area contributed by atoms with Gasteiger partial charge in [0.2, 0.25) is 0 Å². The largest absolute Gasteiger partial charge is 0.480 e. The number of hydrogen-bond acceptors (Lipinski definition) is 3. The molecule has 0 aromatic carbocycles. The Morgan fingerprint density at radius 3 is 2.63 bits per heavy atom. The minimum Gasteiger partial charge on any atom is -0.480 e. The van der Waals surface area contributed by atoms with Crippen LogP contribution in [0.1, 0.15) is 26.7 Å². The number of aliphatic carboxylic acids is 1. The fourth-order valence-corrected chi connectivity index (χ4v) is 1.38. The Balaban J connectivity index is 3.87. The summed E-state index contributed by atoms with van der Waals surface area (Å²) < 4.78 is 5.22. The first-order valence-electron chi connectivity index (χ1n) is 6.48. The van der Waals surface area contributed by atoms with Crippen molar-refractivity contribution in [2.75, 3.05) is 19.8 Å². The van der Waals surface area contributed by atoms with Crippen molar-refractivity contribution < 1.29 is 19.4 Å². The molecule has 110 valence electrons. The highest BCUT2D eigenvalue weighted by Gasteiger charge is 2.24. The number of carbonyl (C=O) groups is 2. The molecule has 0 saturated heterocycles. The molecule has 0 fully saturated rings. The van der Waals surface area contributed by atoms with Crippen molar-refractivity contribution >= 4 is 12.0 Å². The van der Waals surface area contributed by atoms with Crippen LogP contribution in [-0.2, 0) is 9.53 Å². The summed E-state index contributed by atoms with van der Waals surface area (Å²) >= 11 is 0. The fourth-order valence-electron chi connectivity index (χ4n) is 1.38. The lowest BCUT2D eigenvalue weighted by Gasteiger charge is -2.20. The van der Waals surface area contributed by atoms with Crippen LogP contribution in [0.25, 0.3) is 0 Å². The summed E-state index contributed by atoms with van der Waals surface area (Å²) in [5.41, 5.74) is 0. The Bertz CT molecular complexity index is 294. The third-order valence-electron chi connectivity index (χ3n) is 2.76. The highest BCUT2D eigenvalue weighted by molar-refractivity contribution is 5.82. The van der Waals surface area contributed by atoms with Gasteiger partial charge in [0.15, 0.2) is 0 Å². The molecular weight excluding hydrogens is 248 g/mol. The Morgan fingerprint density at radius 1 is 1.42 bits per heavy atom. The molecule has 6 nitrogen and oxygen atoms in total. The first kappa shape index (κ1) is 17.4. The van der Waals surface area contributed by atoms with E-state index in [0.717, 1.165) is 6.42 Å². The van der Waals surface area contributed by atoms with E-state index in [-0.39, 0.29) is 5.92 Å². The van der Waals surface area contributed by atoms with Crippen LogP contribution < -0.4 is 10.6 Å². The van der Waals surface area contributed by atoms with Gasteiger partial charge >= 0.3 is 12.0 Å². The van der Waals surface area contributed by atoms with E-state index in [1.54, 1.807) is 13.0 Å². The third kappa shape index (κ3) is 8.20. The number of urea groups is 1. The molecule has 19 heavy (non-hydrogen) atoms. The van der Waals surface area contributed by atoms with E-state index in [4.69, 9.17) is 9.84 Å². The molecule has 3 N–H and O–H groups in total. The molecule has 0 heterocycles. The van der Waals surface area contributed by atoms with E-state index in [2.05, 4.69) is 17.2 Å². The lowest BCUT2D eigenvalue weighted by atomic mass is 9.99. The standard InChI is InChI=1S/C13H24N2O4/c1-4-6-8-19-9-7-14-13(18)15-11(12(16)17)10(3)5-2/h4,10-11H,1,5-9H2,2-3H3,(H,16,17)(H2,14,15,18)/t10-,11-/m0/s1. The zero-order valence-electron chi connectivity index (χ0n) is 11.6. The smallest absolute Gasteiger partial charge is 0.326 e. The van der Waals surface area contributed by atoms with Crippen molar-refractivity contribution in [3.05, 3.63) is 12.7 Å². The monoisotopic (exact) mass is 272 g/mol. The second-order valence-corrected chi connectivity index (χ2v) is 4.29. The maximum Gasteiger partial charge on any atom is 0.326 e. The molecule has 2 amide bonds. The van der Waals surface area contributed by atoms with E-state index in [1.165, 1.54) is 0 Å². The minimum absolute atomic E-state index is 0.118. The number of rotatable bonds is 10. The highest BCUT2D eigenvalue weighted by atomic mass is 16.5. The van der Waals surface area contributed by atoms with E-state index < -0.39 is 18.0 Å². The van der Waals surface area contributed by atoms with Gasteiger partial charge in [-0.3, -0.25) is 0 Å². The van der Waals surface area contributed by atoms with Gasteiger partial charge in [-0.05, 0) is 12.3 Å². The van der Waals surface area contributed by atoms with Crippen LogP contribution in [0.3, 0.4) is 0 Å². The van der Waals surface area contributed by atoms with Gasteiger partial charge in [0.05, 0.1) is 13.2 Å². The maximum absolute atomic E-state index is 11.5. The van der Waals surface area contributed by atoms with Crippen LogP contribution >= 0.6 is 0 Å². The molecule has 0 bridgehead atoms. The van der Waals surface area contributed by atoms with Gasteiger partial charge in [-0.1, -0.05) is 26.3 Å². The maximum atomic E-state index is 11.5. The summed E-state index contributed by atoms with van der Waals surface area (Å²) in [6.07, 6.45) is 3.20. The van der Waals surface area contributed by atoms with Gasteiger partial charge in [-0.15, -0.1) is 6.58 Å². The number of carbonyl (C=O) groups excluding carboxylic acids is 1. The molecule has 0 aromatic rings. The van der Waals surface area contributed by atoms with Gasteiger partial charge < -0.3 is 20.5 Å². The molecule has 0 rings (SSSR count). The van der Waals surface area contributed by atoms with Gasteiger partial charge in [-0.25, -0.2) is 9.59 Å². The van der Waals surface area contributed by atoms with Crippen molar-refractivity contribution in [2.45, 2.75) is 32.7 Å². The molecule has 0 unspecified atom stereocenters. The van der Waals surface area contributed by atoms with E-state index in [1.807, 2.05) is 6.92 Å². The van der Waals surface area contributed by atoms with Crippen LogP contribution in [0.15, 0.2) is 12.7 Å². The molecule has 0 aliphatic carbocycles. The Hall–Kier alpha value is -1.56. The van der Waals surface area contributed by atoms with Crippen LogP contribution in [-0.4, -0.2) is 42.9 Å². The summed E-state index contributed by atoms with van der Waals surface area (Å²) in [6, 6.07) is -1.35. The SMILES string of the molecule is C=CCCOCCNC(=O)N[C@H](C(=O)O)[C@@H](C)CC. The summed E-state index contributed by atoms with van der Waals surface area (Å²) in [5, 5.41) is 14.0. The molecular formula is C13H24N2O4. The van der Waals surface area contributed by atoms with Crippen LogP contribution in [0.5, 0.6) is 0 Å². The Labute approximate surface area is 114 Å². The van der Waals surface area contributed by atoms with Crippen molar-refractivity contribution in [1.82, 2.24) is 10.6 Å². The fraction of sp³-hybridized carbons (Fsp3) is 0.692. The highest BCUT2D eigenvalue weighted by Crippen LogP contribution is 2.07. The second-order valence-electron chi connectivity index (χ2n) is 4.29. The van der Waals surface area contributed by atoms with Gasteiger partial charge in [0, 0.05) is 6.54 Å². The van der Waals surface area contributed by atoms with Gasteiger partial charge in [0.1, 0.15) is 6.04 Å².